The van der Waals surface area contributed by atoms with Crippen LogP contribution in [0.3, 0.4) is 0 Å². The lowest BCUT2D eigenvalue weighted by Crippen LogP contribution is -1.83. The molecule has 0 unspecified atom stereocenters. The second-order valence-electron chi connectivity index (χ2n) is 1.20. The molecule has 41 valence electrons. The van der Waals surface area contributed by atoms with Crippen LogP contribution in [0.1, 0.15) is 13.3 Å². The summed E-state index contributed by atoms with van der Waals surface area (Å²) in [5.74, 6) is 0. The molecule has 0 aromatic heterocycles. The highest BCUT2D eigenvalue weighted by Crippen LogP contribution is 1.85. The first-order chi connectivity index (χ1) is 3.41. The van der Waals surface area contributed by atoms with Gasteiger partial charge >= 0.3 is 0 Å². The molecule has 0 heterocycles. The quantitative estimate of drug-likeness (QED) is 0.385. The van der Waals surface area contributed by atoms with Gasteiger partial charge in [-0.2, -0.15) is 0 Å². The Kier molecular flexibility index (Phi) is 5.46. The summed E-state index contributed by atoms with van der Waals surface area (Å²) >= 11 is 0. The van der Waals surface area contributed by atoms with E-state index in [0.717, 1.165) is 6.42 Å². The third-order valence-electron chi connectivity index (χ3n) is 0.499. The van der Waals surface area contributed by atoms with Crippen LogP contribution < -0.4 is 0 Å². The van der Waals surface area contributed by atoms with Crippen molar-refractivity contribution in [2.45, 2.75) is 13.3 Å². The van der Waals surface area contributed by atoms with Crippen LogP contribution in [-0.4, -0.2) is 6.61 Å². The lowest BCUT2D eigenvalue weighted by Gasteiger charge is -1.91. The Balaban J connectivity index is 2.56. The van der Waals surface area contributed by atoms with Gasteiger partial charge in [0.1, 0.15) is 0 Å². The summed E-state index contributed by atoms with van der Waals surface area (Å²) in [7, 11) is 0. The first-order valence-corrected chi connectivity index (χ1v) is 2.46. The Labute approximate surface area is 45.0 Å². The van der Waals surface area contributed by atoms with Gasteiger partial charge in [-0.15, -0.1) is 6.58 Å². The van der Waals surface area contributed by atoms with Gasteiger partial charge < -0.3 is 4.74 Å². The maximum absolute atomic E-state index is 4.89. The summed E-state index contributed by atoms with van der Waals surface area (Å²) in [6.07, 6.45) is 2.69. The topological polar surface area (TPSA) is 9.23 Å². The van der Waals surface area contributed by atoms with Crippen LogP contribution in [0.25, 0.3) is 0 Å². The fourth-order valence-corrected chi connectivity index (χ4v) is 0.254. The normalized spacial score (nSPS) is 8.71. The second kappa shape index (κ2) is 5.70. The third-order valence-corrected chi connectivity index (χ3v) is 0.499. The van der Waals surface area contributed by atoms with Crippen molar-refractivity contribution in [2.24, 2.45) is 0 Å². The molecule has 1 heteroatoms. The van der Waals surface area contributed by atoms with E-state index in [1.807, 2.05) is 6.92 Å². The fourth-order valence-electron chi connectivity index (χ4n) is 0.254. The zero-order valence-electron chi connectivity index (χ0n) is 4.68. The Morgan fingerprint density at radius 2 is 2.43 bits per heavy atom. The van der Waals surface area contributed by atoms with Crippen molar-refractivity contribution in [1.29, 1.82) is 0 Å². The van der Waals surface area contributed by atoms with Crippen LogP contribution in [-0.2, 0) is 4.74 Å². The smallest absolute Gasteiger partial charge is 0.0838 e. The average Bonchev–Trinajstić information content (AvgIpc) is 1.69. The van der Waals surface area contributed by atoms with Gasteiger partial charge in [0.2, 0.25) is 0 Å². The summed E-state index contributed by atoms with van der Waals surface area (Å²) in [4.78, 5) is 0. The summed E-state index contributed by atoms with van der Waals surface area (Å²) in [5, 5.41) is 0. The largest absolute Gasteiger partial charge is 0.371 e. The molecule has 0 aliphatic heterocycles. The van der Waals surface area contributed by atoms with Gasteiger partial charge in [-0.1, -0.05) is 13.0 Å². The lowest BCUT2D eigenvalue weighted by atomic mass is 10.5. The minimum atomic E-state index is 0.633. The van der Waals surface area contributed by atoms with Crippen molar-refractivity contribution in [2.75, 3.05) is 6.61 Å². The molecule has 0 bridgehead atoms. The number of ether oxygens (including phenoxy) is 1. The second-order valence-corrected chi connectivity index (χ2v) is 1.20. The summed E-state index contributed by atoms with van der Waals surface area (Å²) in [6, 6.07) is 0. The molecule has 0 fully saturated rings. The highest BCUT2D eigenvalue weighted by Gasteiger charge is 1.76. The number of rotatable bonds is 4. The Bertz CT molecular complexity index is 41.4. The molecule has 0 saturated heterocycles. The van der Waals surface area contributed by atoms with Crippen molar-refractivity contribution in [3.8, 4) is 0 Å². The number of hydrogen-bond acceptors (Lipinski definition) is 1. The predicted octanol–water partition coefficient (Wildman–Crippen LogP) is 1.76. The molecule has 0 atom stereocenters. The first-order valence-electron chi connectivity index (χ1n) is 2.46. The van der Waals surface area contributed by atoms with E-state index in [1.54, 1.807) is 12.7 Å². The van der Waals surface area contributed by atoms with Crippen molar-refractivity contribution in [1.82, 2.24) is 0 Å². The number of hydrogen-bond donors (Lipinski definition) is 0. The van der Waals surface area contributed by atoms with Crippen molar-refractivity contribution < 1.29 is 4.74 Å². The monoisotopic (exact) mass is 99.1 g/mol. The third kappa shape index (κ3) is 5.70. The molecular weight excluding hydrogens is 88.1 g/mol. The molecule has 0 aliphatic rings. The Morgan fingerprint density at radius 1 is 1.71 bits per heavy atom. The molecule has 0 rings (SSSR count). The van der Waals surface area contributed by atoms with E-state index >= 15 is 0 Å². The van der Waals surface area contributed by atoms with Crippen molar-refractivity contribution in [3.63, 3.8) is 0 Å². The van der Waals surface area contributed by atoms with Crippen LogP contribution in [0.4, 0.5) is 0 Å². The molecule has 0 amide bonds. The highest BCUT2D eigenvalue weighted by molar-refractivity contribution is 4.64. The zero-order valence-corrected chi connectivity index (χ0v) is 4.68. The first kappa shape index (κ1) is 6.70. The van der Waals surface area contributed by atoms with E-state index in [-0.39, 0.29) is 0 Å². The fraction of sp³-hybridized carbons (Fsp3) is 0.500. The van der Waals surface area contributed by atoms with E-state index in [9.17, 15) is 0 Å². The molecule has 0 aromatic carbocycles. The molecular formula is C6H11O. The van der Waals surface area contributed by atoms with Crippen LogP contribution in [0.2, 0.25) is 0 Å². The minimum Gasteiger partial charge on any atom is -0.371 e. The molecule has 1 radical (unpaired) electrons. The zero-order chi connectivity index (χ0) is 5.54. The van der Waals surface area contributed by atoms with Crippen molar-refractivity contribution in [3.05, 3.63) is 19.3 Å². The van der Waals surface area contributed by atoms with Gasteiger partial charge in [-0.05, 0) is 6.42 Å². The van der Waals surface area contributed by atoms with Gasteiger partial charge in [-0.25, -0.2) is 0 Å². The molecule has 7 heavy (non-hydrogen) atoms. The van der Waals surface area contributed by atoms with E-state index in [0.29, 0.717) is 6.61 Å². The van der Waals surface area contributed by atoms with E-state index in [2.05, 4.69) is 6.58 Å². The van der Waals surface area contributed by atoms with E-state index < -0.39 is 0 Å². The summed E-state index contributed by atoms with van der Waals surface area (Å²) < 4.78 is 4.89. The molecule has 0 N–H and O–H groups in total. The highest BCUT2D eigenvalue weighted by atomic mass is 16.5. The maximum Gasteiger partial charge on any atom is 0.0838 e. The van der Waals surface area contributed by atoms with Crippen LogP contribution in [0.5, 0.6) is 0 Å². The Morgan fingerprint density at radius 3 is 2.86 bits per heavy atom. The van der Waals surface area contributed by atoms with Crippen LogP contribution in [0, 0.1) is 6.61 Å². The molecule has 0 aliphatic carbocycles. The van der Waals surface area contributed by atoms with Gasteiger partial charge in [0.25, 0.3) is 0 Å². The molecule has 0 spiro atoms. The summed E-state index contributed by atoms with van der Waals surface area (Å²) in [5.41, 5.74) is 0. The SMILES string of the molecule is C=CCO[CH]CC. The standard InChI is InChI=1S/C6H11O/c1-3-5-7-6-4-2/h3,6H,1,4-5H2,2H3. The van der Waals surface area contributed by atoms with Crippen LogP contribution >= 0.6 is 0 Å². The Hall–Kier alpha value is -0.300. The lowest BCUT2D eigenvalue weighted by molar-refractivity contribution is 0.228. The van der Waals surface area contributed by atoms with Crippen molar-refractivity contribution >= 4 is 0 Å². The van der Waals surface area contributed by atoms with Gasteiger partial charge in [0.15, 0.2) is 0 Å². The van der Waals surface area contributed by atoms with Crippen LogP contribution in [0.15, 0.2) is 12.7 Å². The maximum atomic E-state index is 4.89. The van der Waals surface area contributed by atoms with Gasteiger partial charge in [-0.3, -0.25) is 0 Å². The minimum absolute atomic E-state index is 0.633. The molecule has 1 nitrogen and oxygen atoms in total. The molecule has 0 aromatic rings. The van der Waals surface area contributed by atoms with E-state index in [1.165, 1.54) is 0 Å². The summed E-state index contributed by atoms with van der Waals surface area (Å²) in [6.45, 7) is 7.92. The van der Waals surface area contributed by atoms with Gasteiger partial charge in [0, 0.05) is 0 Å². The molecule has 0 saturated carbocycles. The van der Waals surface area contributed by atoms with E-state index in [4.69, 9.17) is 4.74 Å². The van der Waals surface area contributed by atoms with Gasteiger partial charge in [0.05, 0.1) is 13.2 Å². The predicted molar refractivity (Wildman–Crippen MR) is 30.7 cm³/mol. The average molecular weight is 99.2 g/mol.